The van der Waals surface area contributed by atoms with Crippen LogP contribution in [0.25, 0.3) is 0 Å². The molecule has 0 atom stereocenters. The fourth-order valence-electron chi connectivity index (χ4n) is 2.33. The van der Waals surface area contributed by atoms with Gasteiger partial charge < -0.3 is 4.90 Å². The zero-order chi connectivity index (χ0) is 14.5. The van der Waals surface area contributed by atoms with E-state index in [1.165, 1.54) is 5.69 Å². The Bertz CT molecular complexity index is 607. The Balaban J connectivity index is 1.58. The second-order valence-corrected chi connectivity index (χ2v) is 5.32. The number of benzene rings is 2. The van der Waals surface area contributed by atoms with E-state index in [9.17, 15) is 0 Å². The van der Waals surface area contributed by atoms with Crippen molar-refractivity contribution in [3.63, 3.8) is 0 Å². The molecule has 1 aliphatic rings. The van der Waals surface area contributed by atoms with Gasteiger partial charge >= 0.3 is 0 Å². The van der Waals surface area contributed by atoms with Gasteiger partial charge in [-0.05, 0) is 24.3 Å². The highest BCUT2D eigenvalue weighted by Gasteiger charge is 2.15. The van der Waals surface area contributed by atoms with Gasteiger partial charge in [0, 0.05) is 18.8 Å². The van der Waals surface area contributed by atoms with Crippen molar-refractivity contribution in [3.8, 4) is 0 Å². The first-order chi connectivity index (χ1) is 10.3. The third-order valence-electron chi connectivity index (χ3n) is 3.51. The molecule has 21 heavy (non-hydrogen) atoms. The van der Waals surface area contributed by atoms with Crippen molar-refractivity contribution in [1.29, 1.82) is 0 Å². The minimum Gasteiger partial charge on any atom is -0.368 e. The van der Waals surface area contributed by atoms with Crippen LogP contribution in [-0.4, -0.2) is 31.2 Å². The summed E-state index contributed by atoms with van der Waals surface area (Å²) in [6, 6.07) is 17.9. The van der Waals surface area contributed by atoms with Gasteiger partial charge in [-0.2, -0.15) is 0 Å². The van der Waals surface area contributed by atoms with E-state index in [-0.39, 0.29) is 0 Å². The van der Waals surface area contributed by atoms with E-state index in [2.05, 4.69) is 39.5 Å². The summed E-state index contributed by atoms with van der Waals surface area (Å²) >= 11 is 6.06. The van der Waals surface area contributed by atoms with Crippen LogP contribution >= 0.6 is 11.6 Å². The summed E-state index contributed by atoms with van der Waals surface area (Å²) < 4.78 is 0. The van der Waals surface area contributed by atoms with E-state index in [0.29, 0.717) is 10.7 Å². The molecule has 2 aromatic carbocycles. The summed E-state index contributed by atoms with van der Waals surface area (Å²) in [6.45, 7) is 3.63. The van der Waals surface area contributed by atoms with Crippen LogP contribution in [0.4, 0.5) is 11.4 Å². The first kappa shape index (κ1) is 13.9. The van der Waals surface area contributed by atoms with Gasteiger partial charge in [-0.3, -0.25) is 5.01 Å². The Labute approximate surface area is 129 Å². The third-order valence-corrected chi connectivity index (χ3v) is 3.83. The first-order valence-electron chi connectivity index (χ1n) is 7.04. The van der Waals surface area contributed by atoms with E-state index in [1.807, 2.05) is 35.3 Å². The van der Waals surface area contributed by atoms with Crippen LogP contribution < -0.4 is 4.90 Å². The SMILES string of the molecule is Clc1ccccc1N=NN1CCN(c2ccccc2)CC1. The monoisotopic (exact) mass is 300 g/mol. The lowest BCUT2D eigenvalue weighted by Crippen LogP contribution is -2.43. The third kappa shape index (κ3) is 3.52. The van der Waals surface area contributed by atoms with Crippen molar-refractivity contribution in [2.24, 2.45) is 10.3 Å². The molecule has 1 fully saturated rings. The predicted molar refractivity (Wildman–Crippen MR) is 86.2 cm³/mol. The molecule has 5 heteroatoms. The zero-order valence-corrected chi connectivity index (χ0v) is 12.4. The molecular formula is C16H17ClN4. The molecule has 1 heterocycles. The fraction of sp³-hybridized carbons (Fsp3) is 0.250. The molecule has 0 spiro atoms. The second-order valence-electron chi connectivity index (χ2n) is 4.92. The van der Waals surface area contributed by atoms with E-state index < -0.39 is 0 Å². The number of anilines is 1. The van der Waals surface area contributed by atoms with Crippen molar-refractivity contribution in [1.82, 2.24) is 5.01 Å². The lowest BCUT2D eigenvalue weighted by Gasteiger charge is -2.33. The lowest BCUT2D eigenvalue weighted by molar-refractivity contribution is 0.254. The molecule has 108 valence electrons. The molecule has 0 radical (unpaired) electrons. The average molecular weight is 301 g/mol. The van der Waals surface area contributed by atoms with Gasteiger partial charge in [0.2, 0.25) is 0 Å². The van der Waals surface area contributed by atoms with Gasteiger partial charge in [0.15, 0.2) is 0 Å². The van der Waals surface area contributed by atoms with Crippen LogP contribution in [0.5, 0.6) is 0 Å². The Morgan fingerprint density at radius 1 is 0.810 bits per heavy atom. The minimum atomic E-state index is 0.629. The normalized spacial score (nSPS) is 15.7. The molecule has 0 saturated carbocycles. The maximum Gasteiger partial charge on any atom is 0.106 e. The van der Waals surface area contributed by atoms with Gasteiger partial charge in [0.1, 0.15) is 5.69 Å². The highest BCUT2D eigenvalue weighted by molar-refractivity contribution is 6.32. The van der Waals surface area contributed by atoms with E-state index in [0.717, 1.165) is 26.2 Å². The van der Waals surface area contributed by atoms with Gasteiger partial charge in [0.25, 0.3) is 0 Å². The van der Waals surface area contributed by atoms with E-state index in [4.69, 9.17) is 11.6 Å². The summed E-state index contributed by atoms with van der Waals surface area (Å²) in [5.41, 5.74) is 1.98. The number of hydrogen-bond acceptors (Lipinski definition) is 3. The smallest absolute Gasteiger partial charge is 0.106 e. The van der Waals surface area contributed by atoms with E-state index in [1.54, 1.807) is 0 Å². The molecule has 0 N–H and O–H groups in total. The number of hydrogen-bond donors (Lipinski definition) is 0. The Morgan fingerprint density at radius 2 is 1.48 bits per heavy atom. The van der Waals surface area contributed by atoms with Crippen molar-refractivity contribution in [3.05, 3.63) is 59.6 Å². The average Bonchev–Trinajstić information content (AvgIpc) is 2.55. The number of nitrogens with zero attached hydrogens (tertiary/aromatic N) is 4. The van der Waals surface area contributed by atoms with Crippen molar-refractivity contribution >= 4 is 23.0 Å². The molecule has 0 amide bonds. The molecule has 0 aliphatic carbocycles. The van der Waals surface area contributed by atoms with Gasteiger partial charge in [-0.1, -0.05) is 47.2 Å². The van der Waals surface area contributed by atoms with Crippen molar-refractivity contribution in [2.75, 3.05) is 31.1 Å². The lowest BCUT2D eigenvalue weighted by atomic mass is 10.2. The number of halogens is 1. The molecule has 4 nitrogen and oxygen atoms in total. The number of rotatable bonds is 3. The molecular weight excluding hydrogens is 284 g/mol. The largest absolute Gasteiger partial charge is 0.368 e. The topological polar surface area (TPSA) is 31.2 Å². The Kier molecular flexibility index (Phi) is 4.36. The highest BCUT2D eigenvalue weighted by atomic mass is 35.5. The predicted octanol–water partition coefficient (Wildman–Crippen LogP) is 4.16. The maximum absolute atomic E-state index is 6.06. The van der Waals surface area contributed by atoms with Crippen LogP contribution in [-0.2, 0) is 0 Å². The quantitative estimate of drug-likeness (QED) is 0.797. The van der Waals surface area contributed by atoms with Gasteiger partial charge in [-0.25, -0.2) is 0 Å². The van der Waals surface area contributed by atoms with Crippen LogP contribution in [0.2, 0.25) is 5.02 Å². The molecule has 0 unspecified atom stereocenters. The summed E-state index contributed by atoms with van der Waals surface area (Å²) in [6.07, 6.45) is 0. The summed E-state index contributed by atoms with van der Waals surface area (Å²) in [5, 5.41) is 11.1. The zero-order valence-electron chi connectivity index (χ0n) is 11.7. The molecule has 1 saturated heterocycles. The van der Waals surface area contributed by atoms with Crippen molar-refractivity contribution in [2.45, 2.75) is 0 Å². The number of piperazine rings is 1. The van der Waals surface area contributed by atoms with Crippen LogP contribution in [0, 0.1) is 0 Å². The molecule has 0 aromatic heterocycles. The Morgan fingerprint density at radius 3 is 2.19 bits per heavy atom. The summed E-state index contributed by atoms with van der Waals surface area (Å²) in [5.74, 6) is 0. The first-order valence-corrected chi connectivity index (χ1v) is 7.42. The molecule has 2 aromatic rings. The summed E-state index contributed by atoms with van der Waals surface area (Å²) in [4.78, 5) is 2.36. The molecule has 3 rings (SSSR count). The molecule has 1 aliphatic heterocycles. The highest BCUT2D eigenvalue weighted by Crippen LogP contribution is 2.24. The maximum atomic E-state index is 6.06. The number of para-hydroxylation sites is 1. The fourth-order valence-corrected chi connectivity index (χ4v) is 2.50. The Hall–Kier alpha value is -2.07. The van der Waals surface area contributed by atoms with E-state index >= 15 is 0 Å². The minimum absolute atomic E-state index is 0.629. The standard InChI is InChI=1S/C16H17ClN4/c17-15-8-4-5-9-16(15)18-19-21-12-10-20(11-13-21)14-6-2-1-3-7-14/h1-9H,10-13H2. The van der Waals surface area contributed by atoms with Crippen LogP contribution in [0.1, 0.15) is 0 Å². The van der Waals surface area contributed by atoms with Gasteiger partial charge in [0.05, 0.1) is 18.1 Å². The second kappa shape index (κ2) is 6.59. The van der Waals surface area contributed by atoms with Crippen molar-refractivity contribution < 1.29 is 0 Å². The van der Waals surface area contributed by atoms with Gasteiger partial charge in [-0.15, -0.1) is 5.11 Å². The molecule has 0 bridgehead atoms. The van der Waals surface area contributed by atoms with Crippen LogP contribution in [0.15, 0.2) is 64.9 Å². The van der Waals surface area contributed by atoms with Crippen LogP contribution in [0.3, 0.4) is 0 Å². The summed E-state index contributed by atoms with van der Waals surface area (Å²) in [7, 11) is 0.